The van der Waals surface area contributed by atoms with Crippen molar-refractivity contribution in [3.8, 4) is 0 Å². The third-order valence-corrected chi connectivity index (χ3v) is 8.33. The third kappa shape index (κ3) is 34.5. The van der Waals surface area contributed by atoms with Crippen molar-refractivity contribution in [2.24, 2.45) is 0 Å². The molecule has 0 rings (SSSR count). The zero-order chi connectivity index (χ0) is 33.8. The average Bonchev–Trinajstić information content (AvgIpc) is 3.04. The van der Waals surface area contributed by atoms with Crippen LogP contribution in [-0.4, -0.2) is 35.6 Å². The monoisotopic (exact) mass is 646 g/mol. The Labute approximate surface area is 283 Å². The van der Waals surface area contributed by atoms with E-state index in [1.807, 2.05) is 0 Å². The lowest BCUT2D eigenvalue weighted by Crippen LogP contribution is -2.28. The number of amides is 1. The van der Waals surface area contributed by atoms with Gasteiger partial charge in [0, 0.05) is 12.8 Å². The molecule has 6 nitrogen and oxygen atoms in total. The Morgan fingerprint density at radius 1 is 0.587 bits per heavy atom. The van der Waals surface area contributed by atoms with Gasteiger partial charge in [-0.3, -0.25) is 14.4 Å². The van der Waals surface area contributed by atoms with Crippen molar-refractivity contribution in [1.29, 1.82) is 0 Å². The molecule has 0 bridgehead atoms. The summed E-state index contributed by atoms with van der Waals surface area (Å²) in [6, 6.07) is 0. The standard InChI is InChI=1S/C40H71NO5/c1-3-5-7-9-11-12-13-14-15-16-17-18-19-20-22-27-31-35-40(45)46-37(32-28-24-21-10-8-6-4-2)33-29-25-23-26-30-34-38(42)41-36-39(43)44/h5,7,11-12,14-15,37H,3-4,6,8-10,13,16-36H2,1-2H3,(H,41,42)(H,43,44)/b7-5-,12-11-,15-14-. The Kier molecular flexibility index (Phi) is 33.7. The van der Waals surface area contributed by atoms with Crippen LogP contribution in [0.3, 0.4) is 0 Å². The van der Waals surface area contributed by atoms with E-state index in [0.29, 0.717) is 12.8 Å². The Hall–Kier alpha value is -2.37. The molecule has 46 heavy (non-hydrogen) atoms. The van der Waals surface area contributed by atoms with Crippen molar-refractivity contribution in [3.05, 3.63) is 36.5 Å². The molecule has 0 aromatic rings. The van der Waals surface area contributed by atoms with Crippen LogP contribution >= 0.6 is 0 Å². The summed E-state index contributed by atoms with van der Waals surface area (Å²) in [7, 11) is 0. The molecule has 0 aliphatic heterocycles. The maximum atomic E-state index is 12.6. The predicted molar refractivity (Wildman–Crippen MR) is 194 cm³/mol. The molecule has 0 spiro atoms. The van der Waals surface area contributed by atoms with Crippen molar-refractivity contribution in [3.63, 3.8) is 0 Å². The number of esters is 1. The van der Waals surface area contributed by atoms with E-state index < -0.39 is 5.97 Å². The van der Waals surface area contributed by atoms with Crippen molar-refractivity contribution >= 4 is 17.8 Å². The molecular formula is C40H71NO5. The Bertz CT molecular complexity index is 803. The molecule has 6 heteroatoms. The number of allylic oxidation sites excluding steroid dienone is 6. The molecule has 0 aromatic heterocycles. The molecule has 0 fully saturated rings. The average molecular weight is 646 g/mol. The molecule has 0 aliphatic carbocycles. The first-order valence-electron chi connectivity index (χ1n) is 19.1. The Balaban J connectivity index is 4.05. The fourth-order valence-electron chi connectivity index (χ4n) is 5.53. The molecule has 0 radical (unpaired) electrons. The van der Waals surface area contributed by atoms with E-state index in [9.17, 15) is 14.4 Å². The number of ether oxygens (including phenoxy) is 1. The summed E-state index contributed by atoms with van der Waals surface area (Å²) in [6.07, 6.45) is 42.6. The van der Waals surface area contributed by atoms with Crippen molar-refractivity contribution in [2.75, 3.05) is 6.54 Å². The van der Waals surface area contributed by atoms with E-state index in [-0.39, 0.29) is 24.5 Å². The molecule has 1 unspecified atom stereocenters. The number of carboxylic acids is 1. The number of carbonyl (C=O) groups is 3. The topological polar surface area (TPSA) is 92.7 Å². The number of hydrogen-bond donors (Lipinski definition) is 2. The second kappa shape index (κ2) is 35.5. The van der Waals surface area contributed by atoms with Crippen LogP contribution in [0.2, 0.25) is 0 Å². The summed E-state index contributed by atoms with van der Waals surface area (Å²) in [5.74, 6) is -1.24. The highest BCUT2D eigenvalue weighted by atomic mass is 16.5. The largest absolute Gasteiger partial charge is 0.480 e. The van der Waals surface area contributed by atoms with E-state index >= 15 is 0 Å². The van der Waals surface area contributed by atoms with Gasteiger partial charge < -0.3 is 15.2 Å². The summed E-state index contributed by atoms with van der Waals surface area (Å²) in [5, 5.41) is 11.0. The molecule has 0 saturated carbocycles. The predicted octanol–water partition coefficient (Wildman–Crippen LogP) is 11.3. The van der Waals surface area contributed by atoms with E-state index in [2.05, 4.69) is 55.6 Å². The van der Waals surface area contributed by atoms with Gasteiger partial charge in [-0.2, -0.15) is 0 Å². The first-order chi connectivity index (χ1) is 22.5. The number of carbonyl (C=O) groups excluding carboxylic acids is 2. The minimum absolute atomic E-state index is 0.0259. The van der Waals surface area contributed by atoms with Crippen molar-refractivity contribution in [2.45, 2.75) is 193 Å². The highest BCUT2D eigenvalue weighted by Gasteiger charge is 2.14. The summed E-state index contributed by atoms with van der Waals surface area (Å²) in [4.78, 5) is 34.8. The molecule has 266 valence electrons. The lowest BCUT2D eigenvalue weighted by molar-refractivity contribution is -0.150. The highest BCUT2D eigenvalue weighted by Crippen LogP contribution is 2.18. The SMILES string of the molecule is CC/C=C\C/C=C\C/C=C\CCCCCCCCCC(=O)OC(CCCCCCCCC)CCCCCCCC(=O)NCC(=O)O. The number of carboxylic acid groups (broad SMARTS) is 1. The normalized spacial score (nSPS) is 12.4. The highest BCUT2D eigenvalue weighted by molar-refractivity contribution is 5.80. The number of unbranched alkanes of at least 4 members (excludes halogenated alkanes) is 17. The van der Waals surface area contributed by atoms with Crippen molar-refractivity contribution < 1.29 is 24.2 Å². The molecule has 0 heterocycles. The van der Waals surface area contributed by atoms with Crippen LogP contribution in [-0.2, 0) is 19.1 Å². The van der Waals surface area contributed by atoms with Gasteiger partial charge in [-0.05, 0) is 70.6 Å². The number of rotatable bonds is 34. The fourth-order valence-corrected chi connectivity index (χ4v) is 5.53. The minimum Gasteiger partial charge on any atom is -0.480 e. The van der Waals surface area contributed by atoms with E-state index in [1.165, 1.54) is 77.0 Å². The number of nitrogens with one attached hydrogen (secondary N) is 1. The Morgan fingerprint density at radius 2 is 1.07 bits per heavy atom. The lowest BCUT2D eigenvalue weighted by atomic mass is 10.0. The molecule has 0 saturated heterocycles. The Morgan fingerprint density at radius 3 is 1.63 bits per heavy atom. The first kappa shape index (κ1) is 43.6. The van der Waals surface area contributed by atoms with Crippen LogP contribution in [0.25, 0.3) is 0 Å². The van der Waals surface area contributed by atoms with Crippen LogP contribution < -0.4 is 5.32 Å². The van der Waals surface area contributed by atoms with Crippen LogP contribution in [0.15, 0.2) is 36.5 Å². The number of hydrogen-bond acceptors (Lipinski definition) is 4. The van der Waals surface area contributed by atoms with Gasteiger partial charge in [0.25, 0.3) is 0 Å². The van der Waals surface area contributed by atoms with Gasteiger partial charge in [-0.1, -0.05) is 140 Å². The second-order valence-corrected chi connectivity index (χ2v) is 12.8. The number of aliphatic carboxylic acids is 1. The van der Waals surface area contributed by atoms with Gasteiger partial charge >= 0.3 is 11.9 Å². The second-order valence-electron chi connectivity index (χ2n) is 12.8. The molecule has 1 atom stereocenters. The summed E-state index contributed by atoms with van der Waals surface area (Å²) < 4.78 is 5.98. The molecule has 1 amide bonds. The minimum atomic E-state index is -1.02. The lowest BCUT2D eigenvalue weighted by Gasteiger charge is -2.18. The van der Waals surface area contributed by atoms with Crippen LogP contribution in [0, 0.1) is 0 Å². The molecule has 2 N–H and O–H groups in total. The van der Waals surface area contributed by atoms with Gasteiger partial charge in [0.1, 0.15) is 12.6 Å². The molecular weight excluding hydrogens is 574 g/mol. The smallest absolute Gasteiger partial charge is 0.322 e. The van der Waals surface area contributed by atoms with Gasteiger partial charge in [0.05, 0.1) is 0 Å². The van der Waals surface area contributed by atoms with Gasteiger partial charge in [-0.25, -0.2) is 0 Å². The van der Waals surface area contributed by atoms with E-state index in [0.717, 1.165) is 83.5 Å². The zero-order valence-electron chi connectivity index (χ0n) is 29.9. The van der Waals surface area contributed by atoms with Gasteiger partial charge in [0.2, 0.25) is 5.91 Å². The summed E-state index contributed by atoms with van der Waals surface area (Å²) in [5.41, 5.74) is 0. The zero-order valence-corrected chi connectivity index (χ0v) is 29.9. The fraction of sp³-hybridized carbons (Fsp3) is 0.775. The third-order valence-electron chi connectivity index (χ3n) is 8.33. The van der Waals surface area contributed by atoms with Crippen LogP contribution in [0.5, 0.6) is 0 Å². The molecule has 0 aliphatic rings. The van der Waals surface area contributed by atoms with E-state index in [4.69, 9.17) is 9.84 Å². The van der Waals surface area contributed by atoms with Gasteiger partial charge in [-0.15, -0.1) is 0 Å². The van der Waals surface area contributed by atoms with Crippen LogP contribution in [0.4, 0.5) is 0 Å². The van der Waals surface area contributed by atoms with Crippen molar-refractivity contribution in [1.82, 2.24) is 5.32 Å². The molecule has 0 aromatic carbocycles. The maximum Gasteiger partial charge on any atom is 0.322 e. The summed E-state index contributed by atoms with van der Waals surface area (Å²) in [6.45, 7) is 4.09. The van der Waals surface area contributed by atoms with E-state index in [1.54, 1.807) is 0 Å². The quantitative estimate of drug-likeness (QED) is 0.0412. The van der Waals surface area contributed by atoms with Gasteiger partial charge in [0.15, 0.2) is 0 Å². The first-order valence-corrected chi connectivity index (χ1v) is 19.1. The maximum absolute atomic E-state index is 12.6. The van der Waals surface area contributed by atoms with Crippen LogP contribution in [0.1, 0.15) is 187 Å². The summed E-state index contributed by atoms with van der Waals surface area (Å²) >= 11 is 0.